The minimum absolute atomic E-state index is 0.00144. The number of amides is 1. The van der Waals surface area contributed by atoms with Crippen molar-refractivity contribution in [2.75, 3.05) is 7.11 Å². The number of methoxy groups -OCH3 is 1. The summed E-state index contributed by atoms with van der Waals surface area (Å²) in [6, 6.07) is 11.3. The number of rotatable bonds is 5. The van der Waals surface area contributed by atoms with Crippen LogP contribution >= 0.6 is 0 Å². The Morgan fingerprint density at radius 3 is 2.66 bits per heavy atom. The summed E-state index contributed by atoms with van der Waals surface area (Å²) in [5.74, 6) is -1.20. The Morgan fingerprint density at radius 2 is 1.93 bits per heavy atom. The van der Waals surface area contributed by atoms with Crippen LogP contribution < -0.4 is 5.43 Å². The molecule has 29 heavy (non-hydrogen) atoms. The number of nitrogens with one attached hydrogen (secondary N) is 1. The van der Waals surface area contributed by atoms with E-state index in [1.54, 1.807) is 10.8 Å². The Hall–Kier alpha value is -3.62. The third-order valence-electron chi connectivity index (χ3n) is 4.17. The third-order valence-corrected chi connectivity index (χ3v) is 4.17. The average Bonchev–Trinajstić information content (AvgIpc) is 3.05. The first-order chi connectivity index (χ1) is 13.8. The molecule has 0 radical (unpaired) electrons. The van der Waals surface area contributed by atoms with Gasteiger partial charge in [0.05, 0.1) is 18.9 Å². The number of para-hydroxylation sites is 1. The molecule has 0 spiro atoms. The van der Waals surface area contributed by atoms with Crippen molar-refractivity contribution in [1.29, 1.82) is 0 Å². The van der Waals surface area contributed by atoms with Crippen molar-refractivity contribution >= 4 is 29.0 Å². The Kier molecular flexibility index (Phi) is 5.67. The predicted octanol–water partition coefficient (Wildman–Crippen LogP) is 3.60. The number of carbonyl (C=O) groups is 2. The summed E-state index contributed by atoms with van der Waals surface area (Å²) in [7, 11) is 1.29. The van der Waals surface area contributed by atoms with E-state index in [4.69, 9.17) is 0 Å². The molecule has 1 N–H and O–H groups in total. The van der Waals surface area contributed by atoms with Gasteiger partial charge in [0.2, 0.25) is 0 Å². The number of benzene rings is 2. The molecule has 2 aromatic carbocycles. The first-order valence-electron chi connectivity index (χ1n) is 8.45. The van der Waals surface area contributed by atoms with Gasteiger partial charge in [-0.15, -0.1) is 0 Å². The van der Waals surface area contributed by atoms with Gasteiger partial charge < -0.3 is 9.30 Å². The van der Waals surface area contributed by atoms with Gasteiger partial charge in [-0.05, 0) is 24.3 Å². The number of fused-ring (bicyclic) bond motifs is 1. The van der Waals surface area contributed by atoms with E-state index < -0.39 is 23.6 Å². The summed E-state index contributed by atoms with van der Waals surface area (Å²) >= 11 is 0. The zero-order chi connectivity index (χ0) is 21.0. The molecule has 0 fully saturated rings. The maximum absolute atomic E-state index is 12.8. The van der Waals surface area contributed by atoms with Gasteiger partial charge >= 0.3 is 12.1 Å². The highest BCUT2D eigenvalue weighted by Gasteiger charge is 2.30. The minimum Gasteiger partial charge on any atom is -0.468 e. The molecule has 3 rings (SSSR count). The second-order valence-electron chi connectivity index (χ2n) is 6.08. The second-order valence-corrected chi connectivity index (χ2v) is 6.08. The molecule has 0 bridgehead atoms. The molecule has 0 aliphatic carbocycles. The van der Waals surface area contributed by atoms with Crippen LogP contribution in [0.1, 0.15) is 21.5 Å². The fourth-order valence-electron chi connectivity index (χ4n) is 2.77. The van der Waals surface area contributed by atoms with Crippen LogP contribution in [0.5, 0.6) is 0 Å². The lowest BCUT2D eigenvalue weighted by atomic mass is 10.1. The third kappa shape index (κ3) is 4.63. The lowest BCUT2D eigenvalue weighted by molar-refractivity contribution is -0.141. The van der Waals surface area contributed by atoms with Crippen LogP contribution in [0.3, 0.4) is 0 Å². The maximum atomic E-state index is 12.8. The molecule has 1 heterocycles. The van der Waals surface area contributed by atoms with E-state index in [9.17, 15) is 22.8 Å². The van der Waals surface area contributed by atoms with Crippen molar-refractivity contribution in [3.8, 4) is 0 Å². The van der Waals surface area contributed by atoms with Crippen molar-refractivity contribution in [3.05, 3.63) is 71.4 Å². The molecule has 6 nitrogen and oxygen atoms in total. The van der Waals surface area contributed by atoms with Crippen molar-refractivity contribution in [1.82, 2.24) is 9.99 Å². The van der Waals surface area contributed by atoms with E-state index in [-0.39, 0.29) is 12.1 Å². The second kappa shape index (κ2) is 8.17. The number of hydrogen-bond acceptors (Lipinski definition) is 4. The first-order valence-corrected chi connectivity index (χ1v) is 8.45. The van der Waals surface area contributed by atoms with Gasteiger partial charge in [0.15, 0.2) is 0 Å². The number of alkyl halides is 3. The fourth-order valence-corrected chi connectivity index (χ4v) is 2.77. The van der Waals surface area contributed by atoms with Gasteiger partial charge in [-0.1, -0.05) is 24.3 Å². The zero-order valence-corrected chi connectivity index (χ0v) is 15.2. The highest BCUT2D eigenvalue weighted by molar-refractivity contribution is 6.01. The number of esters is 1. The molecule has 0 aliphatic rings. The van der Waals surface area contributed by atoms with Crippen LogP contribution in [0, 0.1) is 0 Å². The van der Waals surface area contributed by atoms with Crippen LogP contribution in [0.25, 0.3) is 10.9 Å². The Labute approximate surface area is 163 Å². The highest BCUT2D eigenvalue weighted by Crippen LogP contribution is 2.29. The van der Waals surface area contributed by atoms with Crippen LogP contribution in [0.4, 0.5) is 13.2 Å². The average molecular weight is 403 g/mol. The number of ether oxygens (including phenoxy) is 1. The lowest BCUT2D eigenvalue weighted by Gasteiger charge is -2.07. The van der Waals surface area contributed by atoms with E-state index in [1.807, 2.05) is 24.3 Å². The summed E-state index contributed by atoms with van der Waals surface area (Å²) in [5.41, 5.74) is 2.52. The zero-order valence-electron chi connectivity index (χ0n) is 15.2. The molecule has 0 aliphatic heterocycles. The van der Waals surface area contributed by atoms with Gasteiger partial charge in [-0.2, -0.15) is 18.3 Å². The number of hydrazone groups is 1. The van der Waals surface area contributed by atoms with E-state index in [1.165, 1.54) is 19.4 Å². The van der Waals surface area contributed by atoms with E-state index in [0.717, 1.165) is 29.1 Å². The van der Waals surface area contributed by atoms with Gasteiger partial charge in [-0.25, -0.2) is 5.43 Å². The molecule has 1 aromatic heterocycles. The molecular weight excluding hydrogens is 387 g/mol. The van der Waals surface area contributed by atoms with Crippen molar-refractivity contribution in [2.24, 2.45) is 5.10 Å². The lowest BCUT2D eigenvalue weighted by Crippen LogP contribution is -2.18. The minimum atomic E-state index is -4.54. The topological polar surface area (TPSA) is 72.7 Å². The van der Waals surface area contributed by atoms with Crippen LogP contribution in [-0.4, -0.2) is 29.8 Å². The predicted molar refractivity (Wildman–Crippen MR) is 100 cm³/mol. The van der Waals surface area contributed by atoms with E-state index in [2.05, 4.69) is 15.3 Å². The van der Waals surface area contributed by atoms with Crippen LogP contribution in [0.15, 0.2) is 59.8 Å². The Morgan fingerprint density at radius 1 is 1.17 bits per heavy atom. The molecule has 1 amide bonds. The van der Waals surface area contributed by atoms with Crippen LogP contribution in [0.2, 0.25) is 0 Å². The summed E-state index contributed by atoms with van der Waals surface area (Å²) < 4.78 is 44.7. The fraction of sp³-hybridized carbons (Fsp3) is 0.150. The van der Waals surface area contributed by atoms with Gasteiger partial charge in [0.1, 0.15) is 6.54 Å². The van der Waals surface area contributed by atoms with E-state index >= 15 is 0 Å². The van der Waals surface area contributed by atoms with Crippen molar-refractivity contribution < 1.29 is 27.5 Å². The SMILES string of the molecule is COC(=O)Cn1cc(/C=N\NC(=O)c2cccc(C(F)(F)F)c2)c2ccccc21. The molecule has 0 saturated carbocycles. The van der Waals surface area contributed by atoms with Gasteiger partial charge in [-0.3, -0.25) is 9.59 Å². The van der Waals surface area contributed by atoms with E-state index in [0.29, 0.717) is 5.56 Å². The van der Waals surface area contributed by atoms with Crippen molar-refractivity contribution in [2.45, 2.75) is 12.7 Å². The largest absolute Gasteiger partial charge is 0.468 e. The summed E-state index contributed by atoms with van der Waals surface area (Å²) in [6.07, 6.45) is -1.51. The Bertz CT molecular complexity index is 1090. The van der Waals surface area contributed by atoms with Crippen LogP contribution in [-0.2, 0) is 22.3 Å². The number of carbonyl (C=O) groups excluding carboxylic acids is 2. The standard InChI is InChI=1S/C20H16F3N3O3/c1-29-18(27)12-26-11-14(16-7-2-3-8-17(16)26)10-24-25-19(28)13-5-4-6-15(9-13)20(21,22)23/h2-11H,12H2,1H3,(H,25,28)/b24-10-. The number of hydrogen-bond donors (Lipinski definition) is 1. The molecule has 150 valence electrons. The molecule has 0 saturated heterocycles. The summed E-state index contributed by atoms with van der Waals surface area (Å²) in [5, 5.41) is 4.62. The normalized spacial score (nSPS) is 11.7. The summed E-state index contributed by atoms with van der Waals surface area (Å²) in [4.78, 5) is 23.7. The monoisotopic (exact) mass is 403 g/mol. The molecule has 3 aromatic rings. The first kappa shape index (κ1) is 20.1. The smallest absolute Gasteiger partial charge is 0.416 e. The Balaban J connectivity index is 1.79. The number of aromatic nitrogens is 1. The quantitative estimate of drug-likeness (QED) is 0.402. The van der Waals surface area contributed by atoms with Gasteiger partial charge in [0.25, 0.3) is 5.91 Å². The molecular formula is C20H16F3N3O3. The molecule has 0 unspecified atom stereocenters. The van der Waals surface area contributed by atoms with Gasteiger partial charge in [0, 0.05) is 28.2 Å². The molecule has 0 atom stereocenters. The summed E-state index contributed by atoms with van der Waals surface area (Å²) in [6.45, 7) is 0.00144. The molecule has 9 heteroatoms. The number of halogens is 3. The van der Waals surface area contributed by atoms with Crippen molar-refractivity contribution in [3.63, 3.8) is 0 Å². The maximum Gasteiger partial charge on any atom is 0.416 e. The number of nitrogens with zero attached hydrogens (tertiary/aromatic N) is 2. The highest BCUT2D eigenvalue weighted by atomic mass is 19.4.